The van der Waals surface area contributed by atoms with Gasteiger partial charge in [-0.2, -0.15) is 0 Å². The largest absolute Gasteiger partial charge is 0.573 e. The van der Waals surface area contributed by atoms with E-state index in [0.717, 1.165) is 12.1 Å². The first-order chi connectivity index (χ1) is 9.83. The lowest BCUT2D eigenvalue weighted by molar-refractivity contribution is -0.274. The van der Waals surface area contributed by atoms with Gasteiger partial charge in [-0.15, -0.1) is 13.2 Å². The molecule has 1 heterocycles. The molecule has 0 aliphatic carbocycles. The number of aromatic nitrogens is 1. The maximum atomic E-state index is 12.0. The van der Waals surface area contributed by atoms with Gasteiger partial charge in [-0.05, 0) is 37.3 Å². The molecule has 0 spiro atoms. The Morgan fingerprint density at radius 3 is 2.14 bits per heavy atom. The number of Topliss-reactive ketones (excluding diaryl/α,β-unsaturated/α-hetero) is 1. The normalized spacial score (nSPS) is 11.0. The Labute approximate surface area is 118 Å². The molecule has 21 heavy (non-hydrogen) atoms. The van der Waals surface area contributed by atoms with Crippen molar-refractivity contribution in [3.05, 3.63) is 48.2 Å². The van der Waals surface area contributed by atoms with Crippen LogP contribution in [0.1, 0.15) is 17.3 Å². The molecule has 0 amide bonds. The molecule has 1 aromatic carbocycles. The Balaban J connectivity index is 2.04. The summed E-state index contributed by atoms with van der Waals surface area (Å²) in [5.74, 6) is 0.0644. The van der Waals surface area contributed by atoms with Crippen molar-refractivity contribution < 1.29 is 27.4 Å². The Bertz CT molecular complexity index is 621. The molecule has 0 unspecified atom stereocenters. The van der Waals surface area contributed by atoms with Crippen LogP contribution in [-0.2, 0) is 0 Å². The first-order valence-electron chi connectivity index (χ1n) is 5.84. The van der Waals surface area contributed by atoms with Gasteiger partial charge in [0.25, 0.3) is 0 Å². The highest BCUT2D eigenvalue weighted by molar-refractivity contribution is 5.93. The van der Waals surface area contributed by atoms with Gasteiger partial charge < -0.3 is 9.47 Å². The van der Waals surface area contributed by atoms with E-state index in [1.54, 1.807) is 6.07 Å². The molecule has 0 fully saturated rings. The van der Waals surface area contributed by atoms with Gasteiger partial charge in [0.15, 0.2) is 5.78 Å². The van der Waals surface area contributed by atoms with Gasteiger partial charge in [-0.1, -0.05) is 0 Å². The fourth-order valence-electron chi connectivity index (χ4n) is 1.48. The van der Waals surface area contributed by atoms with Crippen molar-refractivity contribution in [3.63, 3.8) is 0 Å². The van der Waals surface area contributed by atoms with Crippen LogP contribution in [0.25, 0.3) is 0 Å². The molecular weight excluding hydrogens is 287 g/mol. The number of hydrogen-bond acceptors (Lipinski definition) is 4. The molecular formula is C14H10F3NO3. The highest BCUT2D eigenvalue weighted by Gasteiger charge is 2.30. The summed E-state index contributed by atoms with van der Waals surface area (Å²) in [6.07, 6.45) is -3.37. The summed E-state index contributed by atoms with van der Waals surface area (Å²) in [5.41, 5.74) is 0.441. The van der Waals surface area contributed by atoms with Crippen molar-refractivity contribution in [1.29, 1.82) is 0 Å². The minimum Gasteiger partial charge on any atom is -0.439 e. The zero-order valence-electron chi connectivity index (χ0n) is 10.8. The maximum absolute atomic E-state index is 12.0. The van der Waals surface area contributed by atoms with Gasteiger partial charge >= 0.3 is 6.36 Å². The zero-order chi connectivity index (χ0) is 15.5. The van der Waals surface area contributed by atoms with E-state index in [0.29, 0.717) is 11.3 Å². The third-order valence-electron chi connectivity index (χ3n) is 2.42. The number of alkyl halides is 3. The summed E-state index contributed by atoms with van der Waals surface area (Å²) in [6.45, 7) is 1.41. The highest BCUT2D eigenvalue weighted by atomic mass is 19.4. The number of benzene rings is 1. The number of nitrogens with zero attached hydrogens (tertiary/aromatic N) is 1. The van der Waals surface area contributed by atoms with Crippen LogP contribution in [0.3, 0.4) is 0 Å². The lowest BCUT2D eigenvalue weighted by Gasteiger charge is -2.09. The molecule has 0 saturated carbocycles. The van der Waals surface area contributed by atoms with Crippen molar-refractivity contribution in [2.24, 2.45) is 0 Å². The summed E-state index contributed by atoms with van der Waals surface area (Å²) in [5, 5.41) is 0. The maximum Gasteiger partial charge on any atom is 0.573 e. The molecule has 0 radical (unpaired) electrons. The molecule has 110 valence electrons. The molecule has 0 aliphatic heterocycles. The minimum atomic E-state index is -4.73. The first-order valence-corrected chi connectivity index (χ1v) is 5.84. The molecule has 0 N–H and O–H groups in total. The topological polar surface area (TPSA) is 48.4 Å². The average molecular weight is 297 g/mol. The number of rotatable bonds is 4. The summed E-state index contributed by atoms with van der Waals surface area (Å²) < 4.78 is 45.1. The van der Waals surface area contributed by atoms with Crippen molar-refractivity contribution in [2.75, 3.05) is 0 Å². The minimum absolute atomic E-state index is 0.122. The molecule has 1 aromatic heterocycles. The van der Waals surface area contributed by atoms with Crippen LogP contribution in [0.15, 0.2) is 42.6 Å². The standard InChI is InChI=1S/C14H10F3NO3/c1-9(19)10-2-7-13(18-8-10)20-11-3-5-12(6-4-11)21-14(15,16)17/h2-8H,1H3. The molecule has 0 aliphatic rings. The lowest BCUT2D eigenvalue weighted by atomic mass is 10.2. The van der Waals surface area contributed by atoms with Crippen LogP contribution >= 0.6 is 0 Å². The smallest absolute Gasteiger partial charge is 0.439 e. The van der Waals surface area contributed by atoms with E-state index in [-0.39, 0.29) is 17.4 Å². The van der Waals surface area contributed by atoms with Gasteiger partial charge in [-0.25, -0.2) is 4.98 Å². The summed E-state index contributed by atoms with van der Waals surface area (Å²) >= 11 is 0. The lowest BCUT2D eigenvalue weighted by Crippen LogP contribution is -2.16. The van der Waals surface area contributed by atoms with Crippen LogP contribution in [0.5, 0.6) is 17.4 Å². The molecule has 4 nitrogen and oxygen atoms in total. The number of carbonyl (C=O) groups excluding carboxylic acids is 1. The number of ether oxygens (including phenoxy) is 2. The predicted octanol–water partition coefficient (Wildman–Crippen LogP) is 3.98. The van der Waals surface area contributed by atoms with Crippen LogP contribution in [-0.4, -0.2) is 17.1 Å². The second kappa shape index (κ2) is 5.82. The Morgan fingerprint density at radius 2 is 1.67 bits per heavy atom. The van der Waals surface area contributed by atoms with Gasteiger partial charge in [0.1, 0.15) is 11.5 Å². The molecule has 0 atom stereocenters. The zero-order valence-corrected chi connectivity index (χ0v) is 10.8. The van der Waals surface area contributed by atoms with E-state index in [9.17, 15) is 18.0 Å². The highest BCUT2D eigenvalue weighted by Crippen LogP contribution is 2.26. The fourth-order valence-corrected chi connectivity index (χ4v) is 1.48. The Hall–Kier alpha value is -2.57. The Kier molecular flexibility index (Phi) is 4.11. The van der Waals surface area contributed by atoms with Crippen LogP contribution < -0.4 is 9.47 Å². The van der Waals surface area contributed by atoms with Gasteiger partial charge in [0.05, 0.1) is 0 Å². The number of carbonyl (C=O) groups is 1. The van der Waals surface area contributed by atoms with E-state index in [4.69, 9.17) is 4.74 Å². The van der Waals surface area contributed by atoms with Crippen molar-refractivity contribution in [3.8, 4) is 17.4 Å². The first kappa shape index (κ1) is 14.8. The van der Waals surface area contributed by atoms with Crippen molar-refractivity contribution >= 4 is 5.78 Å². The number of ketones is 1. The summed E-state index contributed by atoms with van der Waals surface area (Å²) in [7, 11) is 0. The van der Waals surface area contributed by atoms with Crippen LogP contribution in [0.2, 0.25) is 0 Å². The second-order valence-electron chi connectivity index (χ2n) is 4.06. The second-order valence-corrected chi connectivity index (χ2v) is 4.06. The van der Waals surface area contributed by atoms with E-state index >= 15 is 0 Å². The molecule has 0 bridgehead atoms. The van der Waals surface area contributed by atoms with Gasteiger partial charge in [0, 0.05) is 17.8 Å². The summed E-state index contributed by atoms with van der Waals surface area (Å²) in [6, 6.07) is 7.95. The van der Waals surface area contributed by atoms with Gasteiger partial charge in [0.2, 0.25) is 5.88 Å². The van der Waals surface area contributed by atoms with E-state index in [2.05, 4.69) is 9.72 Å². The SMILES string of the molecule is CC(=O)c1ccc(Oc2ccc(OC(F)(F)F)cc2)nc1. The van der Waals surface area contributed by atoms with Crippen molar-refractivity contribution in [2.45, 2.75) is 13.3 Å². The van der Waals surface area contributed by atoms with E-state index in [1.807, 2.05) is 0 Å². The molecule has 7 heteroatoms. The van der Waals surface area contributed by atoms with Crippen molar-refractivity contribution in [1.82, 2.24) is 4.98 Å². The van der Waals surface area contributed by atoms with Crippen LogP contribution in [0, 0.1) is 0 Å². The predicted molar refractivity (Wildman–Crippen MR) is 67.4 cm³/mol. The third kappa shape index (κ3) is 4.48. The van der Waals surface area contributed by atoms with E-state index in [1.165, 1.54) is 31.3 Å². The number of pyridine rings is 1. The third-order valence-corrected chi connectivity index (χ3v) is 2.42. The number of halogens is 3. The molecule has 2 aromatic rings. The fraction of sp³-hybridized carbons (Fsp3) is 0.143. The molecule has 2 rings (SSSR count). The van der Waals surface area contributed by atoms with Crippen LogP contribution in [0.4, 0.5) is 13.2 Å². The number of hydrogen-bond donors (Lipinski definition) is 0. The summed E-state index contributed by atoms with van der Waals surface area (Å²) in [4.78, 5) is 15.0. The molecule has 0 saturated heterocycles. The Morgan fingerprint density at radius 1 is 1.05 bits per heavy atom. The monoisotopic (exact) mass is 297 g/mol. The van der Waals surface area contributed by atoms with Gasteiger partial charge in [-0.3, -0.25) is 4.79 Å². The quantitative estimate of drug-likeness (QED) is 0.801. The average Bonchev–Trinajstić information content (AvgIpc) is 2.40. The van der Waals surface area contributed by atoms with E-state index < -0.39 is 6.36 Å².